The minimum Gasteiger partial charge on any atom is -0.871 e. The van der Waals surface area contributed by atoms with Gasteiger partial charge in [0.1, 0.15) is 30.8 Å². The molecule has 0 unspecified atom stereocenters. The summed E-state index contributed by atoms with van der Waals surface area (Å²) in [5, 5.41) is 14.8. The molecule has 94 heavy (non-hydrogen) atoms. The van der Waals surface area contributed by atoms with Crippen molar-refractivity contribution in [3.05, 3.63) is 118 Å². The number of ketones is 2. The number of benzene rings is 2. The first-order valence-corrected chi connectivity index (χ1v) is 37.0. The van der Waals surface area contributed by atoms with E-state index in [0.717, 1.165) is 133 Å². The molecule has 1 aliphatic heterocycles. The Kier molecular flexibility index (Phi) is 18.3. The van der Waals surface area contributed by atoms with Gasteiger partial charge in [0.25, 0.3) is 0 Å². The molecule has 6 fully saturated rings. The van der Waals surface area contributed by atoms with Crippen molar-refractivity contribution in [2.45, 2.75) is 223 Å². The van der Waals surface area contributed by atoms with E-state index in [2.05, 4.69) is 81.4 Å². The molecule has 0 radical (unpaired) electrons. The Bertz CT molecular complexity index is 3670. The number of aromatic nitrogens is 1. The molecule has 2 aromatic carbocycles. The van der Waals surface area contributed by atoms with Crippen molar-refractivity contribution in [1.82, 2.24) is 0 Å². The largest absolute Gasteiger partial charge is 0.871 e. The highest BCUT2D eigenvalue weighted by Gasteiger charge is 2.61. The molecule has 11 heteroatoms. The summed E-state index contributed by atoms with van der Waals surface area (Å²) >= 11 is 0. The predicted octanol–water partition coefficient (Wildman–Crippen LogP) is 18.7. The number of aryl methyl sites for hydroxylation is 1. The summed E-state index contributed by atoms with van der Waals surface area (Å²) in [6.07, 6.45) is 36.1. The van der Waals surface area contributed by atoms with Crippen LogP contribution in [0.4, 0.5) is 15.3 Å². The Labute approximate surface area is 561 Å². The number of rotatable bonds is 16. The highest BCUT2D eigenvalue weighted by molar-refractivity contribution is 6.54. The molecule has 16 atom stereocenters. The molecule has 11 nitrogen and oxygen atoms in total. The van der Waals surface area contributed by atoms with Gasteiger partial charge in [-0.15, -0.1) is 0 Å². The highest BCUT2D eigenvalue weighted by atomic mass is 16.7. The number of fused-ring (bicyclic) bond motifs is 12. The van der Waals surface area contributed by atoms with Crippen LogP contribution >= 0.6 is 0 Å². The Morgan fingerprint density at radius 3 is 1.69 bits per heavy atom. The average molecular weight is 1280 g/mol. The van der Waals surface area contributed by atoms with Gasteiger partial charge in [-0.05, 0) is 231 Å². The molecule has 0 saturated heterocycles. The van der Waals surface area contributed by atoms with Crippen molar-refractivity contribution in [2.75, 3.05) is 11.9 Å². The zero-order valence-electron chi connectivity index (χ0n) is 58.8. The molecule has 9 aliphatic carbocycles. The quantitative estimate of drug-likeness (QED) is 0.0341. The van der Waals surface area contributed by atoms with Crippen LogP contribution in [0.15, 0.2) is 107 Å². The molecule has 13 rings (SSSR count). The average Bonchev–Trinajstić information content (AvgIpc) is 1.37. The first-order chi connectivity index (χ1) is 44.9. The van der Waals surface area contributed by atoms with Gasteiger partial charge < -0.3 is 29.0 Å². The minimum atomic E-state index is -0.864. The van der Waals surface area contributed by atoms with E-state index in [-0.39, 0.29) is 34.2 Å². The number of nitrogens with zero attached hydrogens (tertiary/aromatic N) is 2. The van der Waals surface area contributed by atoms with E-state index in [9.17, 15) is 24.3 Å². The first kappa shape index (κ1) is 66.4. The lowest BCUT2D eigenvalue weighted by Gasteiger charge is -2.58. The fourth-order valence-electron chi connectivity index (χ4n) is 22.4. The lowest BCUT2D eigenvalue weighted by molar-refractivity contribution is -0.646. The van der Waals surface area contributed by atoms with E-state index in [0.29, 0.717) is 45.6 Å². The van der Waals surface area contributed by atoms with Gasteiger partial charge in [0, 0.05) is 66.2 Å². The van der Waals surface area contributed by atoms with Crippen molar-refractivity contribution in [3.8, 4) is 11.5 Å². The fraction of sp³-hybridized carbons (Fsp3) is 0.627. The Hall–Kier alpha value is -6.23. The van der Waals surface area contributed by atoms with E-state index in [1.165, 1.54) is 113 Å². The molecular formula is C83H108N2O9. The molecule has 3 aromatic rings. The number of pyridine rings is 1. The first-order valence-electron chi connectivity index (χ1n) is 37.0. The second-order valence-electron chi connectivity index (χ2n) is 33.4. The molecule has 10 aliphatic rings. The maximum absolute atomic E-state index is 14.1. The fourth-order valence-corrected chi connectivity index (χ4v) is 22.4. The maximum atomic E-state index is 14.1. The van der Waals surface area contributed by atoms with Crippen molar-refractivity contribution >= 4 is 52.6 Å². The second kappa shape index (κ2) is 26.0. The van der Waals surface area contributed by atoms with Crippen LogP contribution in [0.25, 0.3) is 23.1 Å². The molecule has 2 heterocycles. The number of hydrogen-bond donors (Lipinski definition) is 0. The monoisotopic (exact) mass is 1280 g/mol. The summed E-state index contributed by atoms with van der Waals surface area (Å²) in [5.41, 5.74) is 7.07. The number of anilines is 1. The van der Waals surface area contributed by atoms with E-state index >= 15 is 0 Å². The van der Waals surface area contributed by atoms with Crippen LogP contribution in [0, 0.1) is 92.7 Å². The molecule has 504 valence electrons. The van der Waals surface area contributed by atoms with Gasteiger partial charge in [0.2, 0.25) is 22.8 Å². The van der Waals surface area contributed by atoms with E-state index in [1.54, 1.807) is 36.4 Å². The van der Waals surface area contributed by atoms with Gasteiger partial charge in [-0.25, -0.2) is 9.59 Å². The van der Waals surface area contributed by atoms with E-state index in [4.69, 9.17) is 18.9 Å². The van der Waals surface area contributed by atoms with Crippen LogP contribution in [-0.2, 0) is 26.1 Å². The molecule has 0 N–H and O–H groups in total. The summed E-state index contributed by atoms with van der Waals surface area (Å²) in [4.78, 5) is 56.0. The zero-order valence-corrected chi connectivity index (χ0v) is 58.8. The van der Waals surface area contributed by atoms with E-state index in [1.807, 2.05) is 47.8 Å². The minimum absolute atomic E-state index is 0.146. The van der Waals surface area contributed by atoms with Crippen LogP contribution in [-0.4, -0.2) is 43.1 Å². The zero-order chi connectivity index (χ0) is 66.3. The number of likely N-dealkylation sites (N-methyl/N-ethyl adjacent to an activating group) is 1. The number of ether oxygens (including phenoxy) is 4. The topological polar surface area (TPSA) is 135 Å². The van der Waals surface area contributed by atoms with Gasteiger partial charge in [-0.1, -0.05) is 143 Å². The van der Waals surface area contributed by atoms with Gasteiger partial charge in [-0.3, -0.25) is 9.59 Å². The number of carbonyl (C=O) groups is 4. The predicted molar refractivity (Wildman–Crippen MR) is 370 cm³/mol. The van der Waals surface area contributed by atoms with Gasteiger partial charge in [-0.2, -0.15) is 4.57 Å². The van der Waals surface area contributed by atoms with Crippen molar-refractivity contribution in [3.63, 3.8) is 0 Å². The third-order valence-electron chi connectivity index (χ3n) is 27.6. The van der Waals surface area contributed by atoms with Crippen LogP contribution < -0.4 is 24.0 Å². The SMILES string of the molecule is CC(C)CCC[C@@H](C)[C@H]1CC[C@H]2[C@@H]3CC=C4C[C@@H](OC(=O)Oc5ccc6c(c5)C=C/C(=C\C5=C([O-])C(=C\c7ccc8cc(OC(=O)O[C@H]9CC[C@@]%10(C)C(=CC[C@H]%11[C@@H]%12CC[C@H]([C@H](C)CCCC(C)C)[C@@]%12(C)CC[C@@H]%11%10)C9)ccc8[n+]7C)/C(=O)C5=O)N6C)CC[C@]4(C)[C@H]3CC[C@]12C. The smallest absolute Gasteiger partial charge is 0.514 e. The van der Waals surface area contributed by atoms with Gasteiger partial charge >= 0.3 is 12.3 Å². The molecule has 6 saturated carbocycles. The van der Waals surface area contributed by atoms with Crippen molar-refractivity contribution in [2.24, 2.45) is 99.7 Å². The summed E-state index contributed by atoms with van der Waals surface area (Å²) in [6.45, 7) is 24.8. The van der Waals surface area contributed by atoms with Gasteiger partial charge in [0.15, 0.2) is 0 Å². The molecular weight excluding hydrogens is 1170 g/mol. The number of allylic oxidation sites excluding steroid dienone is 6. The Morgan fingerprint density at radius 2 is 1.15 bits per heavy atom. The summed E-state index contributed by atoms with van der Waals surface area (Å²) < 4.78 is 25.7. The molecule has 1 aromatic heterocycles. The van der Waals surface area contributed by atoms with Crippen LogP contribution in [0.5, 0.6) is 11.5 Å². The Balaban J connectivity index is 0.602. The standard InChI is InChI=1S/C83H108N2O9/c1-49(2)15-13-17-51(5)67-29-31-69-63-27-21-55-45-61(35-39-80(55,7)71(63)37-41-82(67,69)9)93-78(89)91-59-25-33-73-53(43-59)19-23-57(84(73)11)47-65-75(86)66(77(88)76(65)87)48-58-24-20-54-44-60(26-34-74(54)85(58)12)92-79(90)94-62-36-40-81(8)56(46-62)22-28-64-70-32-30-68(52(6)18-14-16-50(3)4)83(70,10)42-38-72(64)81/h19-26,33-34,43-44,47-52,61-64,67-72H,13-18,27-32,35-42,45-46H2,1-12H3/t51-,52-,61+,62+,63+,64+,67-,68-,69+,70+,71+,72+,80+,81+,82-,83-/m1/s1. The summed E-state index contributed by atoms with van der Waals surface area (Å²) in [6, 6.07) is 14.3. The third kappa shape index (κ3) is 12.1. The molecule has 0 spiro atoms. The van der Waals surface area contributed by atoms with Crippen LogP contribution in [0.1, 0.15) is 222 Å². The summed E-state index contributed by atoms with van der Waals surface area (Å²) in [5.74, 6) is 7.60. The van der Waals surface area contributed by atoms with Crippen molar-refractivity contribution < 1.29 is 47.8 Å². The molecule has 0 bridgehead atoms. The van der Waals surface area contributed by atoms with Crippen LogP contribution in [0.2, 0.25) is 0 Å². The van der Waals surface area contributed by atoms with Gasteiger partial charge in [0.05, 0.1) is 5.39 Å². The number of hydrogen-bond acceptors (Lipinski definition) is 10. The highest BCUT2D eigenvalue weighted by Crippen LogP contribution is 2.69. The Morgan fingerprint density at radius 1 is 0.617 bits per heavy atom. The lowest BCUT2D eigenvalue weighted by Crippen LogP contribution is -2.51. The maximum Gasteiger partial charge on any atom is 0.514 e. The third-order valence-corrected chi connectivity index (χ3v) is 27.6. The van der Waals surface area contributed by atoms with E-state index < -0.39 is 29.6 Å². The lowest BCUT2D eigenvalue weighted by atomic mass is 9.47. The van der Waals surface area contributed by atoms with Crippen molar-refractivity contribution in [1.29, 1.82) is 0 Å². The number of Topliss-reactive ketones (excluding diaryl/α,β-unsaturated/α-hetero) is 2. The molecule has 0 amide bonds. The van der Waals surface area contributed by atoms with Crippen LogP contribution in [0.3, 0.4) is 0 Å². The summed E-state index contributed by atoms with van der Waals surface area (Å²) in [7, 11) is 3.64. The second-order valence-corrected chi connectivity index (χ2v) is 33.4. The number of carbonyl (C=O) groups excluding carboxylic acids is 4. The normalized spacial score (nSPS) is 34.9.